The van der Waals surface area contributed by atoms with Gasteiger partial charge in [-0.2, -0.15) is 0 Å². The molecule has 10 heteroatoms. The molecule has 1 aliphatic heterocycles. The molecule has 206 valence electrons. The van der Waals surface area contributed by atoms with Gasteiger partial charge in [0.05, 0.1) is 30.4 Å². The number of fused-ring (bicyclic) bond motifs is 1. The zero-order valence-electron chi connectivity index (χ0n) is 22.4. The maximum Gasteiger partial charge on any atom is 0.306 e. The number of carboxylic acids is 1. The number of carbonyl (C=O) groups is 3. The van der Waals surface area contributed by atoms with Crippen LogP contribution in [0.2, 0.25) is 0 Å². The highest BCUT2D eigenvalue weighted by Crippen LogP contribution is 2.31. The lowest BCUT2D eigenvalue weighted by molar-refractivity contribution is -0.145. The van der Waals surface area contributed by atoms with Crippen molar-refractivity contribution in [3.63, 3.8) is 0 Å². The van der Waals surface area contributed by atoms with E-state index >= 15 is 0 Å². The Morgan fingerprint density at radius 1 is 1.03 bits per heavy atom. The number of carbonyl (C=O) groups excluding carboxylic acids is 2. The van der Waals surface area contributed by atoms with Crippen LogP contribution in [-0.4, -0.2) is 70.6 Å². The van der Waals surface area contributed by atoms with Crippen molar-refractivity contribution in [2.75, 3.05) is 43.5 Å². The van der Waals surface area contributed by atoms with E-state index in [1.54, 1.807) is 13.3 Å². The molecular weight excluding hydrogens is 498 g/mol. The molecule has 3 aromatic rings. The van der Waals surface area contributed by atoms with Crippen LogP contribution in [0, 0.1) is 11.8 Å². The van der Waals surface area contributed by atoms with Crippen molar-refractivity contribution in [3.05, 3.63) is 48.3 Å². The predicted octanol–water partition coefficient (Wildman–Crippen LogP) is 3.86. The highest BCUT2D eigenvalue weighted by Gasteiger charge is 2.33. The smallest absolute Gasteiger partial charge is 0.306 e. The summed E-state index contributed by atoms with van der Waals surface area (Å²) in [5.74, 6) is 0.324. The van der Waals surface area contributed by atoms with Crippen molar-refractivity contribution in [1.82, 2.24) is 14.5 Å². The van der Waals surface area contributed by atoms with Crippen molar-refractivity contribution in [2.24, 2.45) is 11.8 Å². The van der Waals surface area contributed by atoms with Crippen LogP contribution < -0.4 is 15.0 Å². The van der Waals surface area contributed by atoms with Crippen molar-refractivity contribution >= 4 is 40.2 Å². The molecule has 39 heavy (non-hydrogen) atoms. The summed E-state index contributed by atoms with van der Waals surface area (Å²) >= 11 is 0. The number of aliphatic carboxylic acids is 1. The second-order valence-corrected chi connectivity index (χ2v) is 10.2. The molecule has 10 nitrogen and oxygen atoms in total. The number of aryl methyl sites for hydroxylation is 1. The number of rotatable bonds is 7. The Morgan fingerprint density at radius 2 is 1.74 bits per heavy atom. The fourth-order valence-corrected chi connectivity index (χ4v) is 5.81. The van der Waals surface area contributed by atoms with Gasteiger partial charge in [-0.1, -0.05) is 6.07 Å². The molecule has 1 saturated carbocycles. The zero-order valence-corrected chi connectivity index (χ0v) is 22.4. The largest absolute Gasteiger partial charge is 0.496 e. The molecule has 0 spiro atoms. The van der Waals surface area contributed by atoms with Gasteiger partial charge in [0.25, 0.3) is 5.91 Å². The van der Waals surface area contributed by atoms with Crippen molar-refractivity contribution in [2.45, 2.75) is 39.2 Å². The first-order valence-corrected chi connectivity index (χ1v) is 13.6. The minimum absolute atomic E-state index is 0.0688. The minimum atomic E-state index is -0.752. The van der Waals surface area contributed by atoms with Gasteiger partial charge in [0.15, 0.2) is 0 Å². The molecule has 0 unspecified atom stereocenters. The second-order valence-electron chi connectivity index (χ2n) is 10.2. The summed E-state index contributed by atoms with van der Waals surface area (Å²) in [4.78, 5) is 45.9. The van der Waals surface area contributed by atoms with E-state index in [0.717, 1.165) is 22.5 Å². The Hall–Kier alpha value is -4.08. The van der Waals surface area contributed by atoms with Gasteiger partial charge >= 0.3 is 5.97 Å². The zero-order chi connectivity index (χ0) is 27.5. The third-order valence-electron chi connectivity index (χ3n) is 8.02. The first-order chi connectivity index (χ1) is 18.9. The summed E-state index contributed by atoms with van der Waals surface area (Å²) < 4.78 is 7.44. The highest BCUT2D eigenvalue weighted by atomic mass is 16.5. The van der Waals surface area contributed by atoms with Gasteiger partial charge in [-0.3, -0.25) is 14.4 Å². The number of carboxylic acid groups (broad SMARTS) is 1. The maximum absolute atomic E-state index is 13.2. The van der Waals surface area contributed by atoms with E-state index in [0.29, 0.717) is 69.8 Å². The summed E-state index contributed by atoms with van der Waals surface area (Å²) in [5.41, 5.74) is 2.11. The van der Waals surface area contributed by atoms with E-state index in [1.807, 2.05) is 52.8 Å². The predicted molar refractivity (Wildman–Crippen MR) is 148 cm³/mol. The molecule has 2 aromatic heterocycles. The average Bonchev–Trinajstić information content (AvgIpc) is 3.36. The van der Waals surface area contributed by atoms with E-state index in [1.165, 1.54) is 0 Å². The summed E-state index contributed by atoms with van der Waals surface area (Å²) in [6, 6.07) is 11.4. The fraction of sp³-hybridized carbons (Fsp3) is 0.448. The van der Waals surface area contributed by atoms with E-state index < -0.39 is 5.97 Å². The number of pyridine rings is 1. The number of nitrogens with zero attached hydrogens (tertiary/aromatic N) is 4. The molecule has 2 fully saturated rings. The Bertz CT molecular complexity index is 1350. The number of hydrogen-bond acceptors (Lipinski definition) is 6. The molecule has 5 rings (SSSR count). The molecular formula is C29H35N5O5. The van der Waals surface area contributed by atoms with Crippen LogP contribution in [0.3, 0.4) is 0 Å². The quantitative estimate of drug-likeness (QED) is 0.474. The molecule has 0 atom stereocenters. The van der Waals surface area contributed by atoms with Gasteiger partial charge in [-0.05, 0) is 62.9 Å². The van der Waals surface area contributed by atoms with Crippen LogP contribution in [0.4, 0.5) is 11.5 Å². The van der Waals surface area contributed by atoms with Crippen molar-refractivity contribution in [3.8, 4) is 5.75 Å². The van der Waals surface area contributed by atoms with E-state index in [2.05, 4.69) is 15.2 Å². The van der Waals surface area contributed by atoms with E-state index in [-0.39, 0.29) is 23.7 Å². The number of hydrogen-bond donors (Lipinski definition) is 2. The molecule has 2 aliphatic rings. The number of benzene rings is 1. The number of aromatic nitrogens is 2. The van der Waals surface area contributed by atoms with Gasteiger partial charge in [0.2, 0.25) is 5.91 Å². The molecule has 1 aromatic carbocycles. The molecule has 1 saturated heterocycles. The van der Waals surface area contributed by atoms with Gasteiger partial charge in [0, 0.05) is 44.0 Å². The number of anilines is 2. The molecule has 2 amide bonds. The Morgan fingerprint density at radius 3 is 2.36 bits per heavy atom. The van der Waals surface area contributed by atoms with Crippen molar-refractivity contribution < 1.29 is 24.2 Å². The van der Waals surface area contributed by atoms with Crippen LogP contribution in [0.1, 0.15) is 43.1 Å². The summed E-state index contributed by atoms with van der Waals surface area (Å²) in [7, 11) is 1.62. The van der Waals surface area contributed by atoms with Gasteiger partial charge in [-0.25, -0.2) is 4.98 Å². The number of piperazine rings is 1. The second kappa shape index (κ2) is 11.3. The third kappa shape index (κ3) is 5.41. The summed E-state index contributed by atoms with van der Waals surface area (Å²) in [6.45, 7) is 5.23. The maximum atomic E-state index is 13.2. The Balaban J connectivity index is 1.17. The number of ether oxygens (including phenoxy) is 1. The standard InChI is InChI=1S/C29H35N5O5/c1-3-34-23-5-4-6-25(39-2)22(23)17-24(34)27(35)31-21-11-12-26(30-18-21)32-13-15-33(16-14-32)28(36)19-7-9-20(10-8-19)29(37)38/h4-6,11-12,17-20H,3,7-10,13-16H2,1-2H3,(H,31,35)(H,37,38). The topological polar surface area (TPSA) is 117 Å². The number of nitrogens with one attached hydrogen (secondary N) is 1. The summed E-state index contributed by atoms with van der Waals surface area (Å²) in [6.07, 6.45) is 4.11. The minimum Gasteiger partial charge on any atom is -0.496 e. The van der Waals surface area contributed by atoms with Crippen LogP contribution in [0.15, 0.2) is 42.6 Å². The molecule has 1 aliphatic carbocycles. The van der Waals surface area contributed by atoms with Gasteiger partial charge in [0.1, 0.15) is 17.3 Å². The lowest BCUT2D eigenvalue weighted by Gasteiger charge is -2.38. The SMILES string of the molecule is CCn1c(C(=O)Nc2ccc(N3CCN(C(=O)C4CCC(C(=O)O)CC4)CC3)nc2)cc2c(OC)cccc21. The molecule has 0 bridgehead atoms. The van der Waals surface area contributed by atoms with Crippen LogP contribution in [0.25, 0.3) is 10.9 Å². The van der Waals surface area contributed by atoms with Crippen molar-refractivity contribution in [1.29, 1.82) is 0 Å². The number of amides is 2. The van der Waals surface area contributed by atoms with Crippen LogP contribution in [0.5, 0.6) is 5.75 Å². The monoisotopic (exact) mass is 533 g/mol. The highest BCUT2D eigenvalue weighted by molar-refractivity contribution is 6.07. The third-order valence-corrected chi connectivity index (χ3v) is 8.02. The molecule has 0 radical (unpaired) electrons. The first-order valence-electron chi connectivity index (χ1n) is 13.6. The van der Waals surface area contributed by atoms with Crippen LogP contribution in [-0.2, 0) is 16.1 Å². The first kappa shape index (κ1) is 26.5. The Labute approximate surface area is 227 Å². The average molecular weight is 534 g/mol. The van der Waals surface area contributed by atoms with E-state index in [4.69, 9.17) is 4.74 Å². The summed E-state index contributed by atoms with van der Waals surface area (Å²) in [5, 5.41) is 13.0. The Kier molecular flexibility index (Phi) is 7.72. The normalized spacial score (nSPS) is 19.6. The van der Waals surface area contributed by atoms with Gasteiger partial charge in [-0.15, -0.1) is 0 Å². The number of methoxy groups -OCH3 is 1. The lowest BCUT2D eigenvalue weighted by Crippen LogP contribution is -2.51. The molecule has 2 N–H and O–H groups in total. The van der Waals surface area contributed by atoms with E-state index in [9.17, 15) is 19.5 Å². The lowest BCUT2D eigenvalue weighted by atomic mass is 9.81. The molecule has 3 heterocycles. The van der Waals surface area contributed by atoms with Gasteiger partial charge < -0.3 is 29.5 Å². The fourth-order valence-electron chi connectivity index (χ4n) is 5.81. The van der Waals surface area contributed by atoms with Crippen LogP contribution >= 0.6 is 0 Å².